The molecule has 1 nitrogen and oxygen atoms in total. The fourth-order valence-corrected chi connectivity index (χ4v) is 2.48. The lowest BCUT2D eigenvalue weighted by Gasteiger charge is -2.13. The number of aliphatic hydroxyl groups excluding tert-OH is 1. The fraction of sp³-hybridized carbons (Fsp3) is 1.00. The van der Waals surface area contributed by atoms with Crippen molar-refractivity contribution in [3.63, 3.8) is 0 Å². The van der Waals surface area contributed by atoms with E-state index in [2.05, 4.69) is 13.8 Å². The molecule has 0 saturated carbocycles. The lowest BCUT2D eigenvalue weighted by atomic mass is 10.0. The molecule has 0 aliphatic heterocycles. The summed E-state index contributed by atoms with van der Waals surface area (Å²) in [5.41, 5.74) is 0. The quantitative estimate of drug-likeness (QED) is 0.397. The molecule has 0 aromatic heterocycles. The minimum atomic E-state index is -0.800. The Labute approximate surface area is 120 Å². The molecule has 0 aliphatic rings. The Kier molecular flexibility index (Phi) is 14.2. The molecule has 0 spiro atoms. The van der Waals surface area contributed by atoms with Crippen molar-refractivity contribution in [2.24, 2.45) is 0 Å². The first-order valence-corrected chi connectivity index (χ1v) is 8.52. The standard InChI is InChI=1S/C17H35FO/c1-3-5-7-8-9-10-12-14-17(19)15-16(18)13-11-6-4-2/h16-17,19H,3-15H2,1-2H3. The highest BCUT2D eigenvalue weighted by Gasteiger charge is 2.12. The summed E-state index contributed by atoms with van der Waals surface area (Å²) in [5.74, 6) is 0. The van der Waals surface area contributed by atoms with Crippen LogP contribution in [0.1, 0.15) is 97.3 Å². The molecule has 0 saturated heterocycles. The highest BCUT2D eigenvalue weighted by Crippen LogP contribution is 2.16. The zero-order valence-corrected chi connectivity index (χ0v) is 13.2. The van der Waals surface area contributed by atoms with Crippen LogP contribution < -0.4 is 0 Å². The molecule has 0 radical (unpaired) electrons. The predicted octanol–water partition coefficient (Wildman–Crippen LogP) is 5.80. The summed E-state index contributed by atoms with van der Waals surface area (Å²) < 4.78 is 13.5. The molecule has 116 valence electrons. The van der Waals surface area contributed by atoms with Crippen LogP contribution in [0.5, 0.6) is 0 Å². The minimum absolute atomic E-state index is 0.347. The highest BCUT2D eigenvalue weighted by molar-refractivity contribution is 4.64. The Bertz CT molecular complexity index is 173. The van der Waals surface area contributed by atoms with Crippen molar-refractivity contribution in [3.8, 4) is 0 Å². The summed E-state index contributed by atoms with van der Waals surface area (Å²) in [6.45, 7) is 4.35. The summed E-state index contributed by atoms with van der Waals surface area (Å²) in [6, 6.07) is 0. The second-order valence-electron chi connectivity index (χ2n) is 5.89. The molecule has 0 amide bonds. The molecule has 2 unspecified atom stereocenters. The number of unbranched alkanes of at least 4 members (excludes halogenated alkanes) is 8. The van der Waals surface area contributed by atoms with E-state index >= 15 is 0 Å². The molecule has 1 N–H and O–H groups in total. The van der Waals surface area contributed by atoms with Crippen molar-refractivity contribution in [1.82, 2.24) is 0 Å². The van der Waals surface area contributed by atoms with Crippen molar-refractivity contribution >= 4 is 0 Å². The van der Waals surface area contributed by atoms with Gasteiger partial charge in [0.25, 0.3) is 0 Å². The molecular weight excluding hydrogens is 239 g/mol. The lowest BCUT2D eigenvalue weighted by molar-refractivity contribution is 0.111. The molecule has 0 aromatic rings. The summed E-state index contributed by atoms with van der Waals surface area (Å²) in [4.78, 5) is 0. The van der Waals surface area contributed by atoms with E-state index in [0.717, 1.165) is 32.1 Å². The smallest absolute Gasteiger partial charge is 0.103 e. The third-order valence-corrected chi connectivity index (χ3v) is 3.79. The Morgan fingerprint density at radius 2 is 1.21 bits per heavy atom. The monoisotopic (exact) mass is 274 g/mol. The van der Waals surface area contributed by atoms with Gasteiger partial charge in [0.15, 0.2) is 0 Å². The molecule has 0 fully saturated rings. The predicted molar refractivity (Wildman–Crippen MR) is 82.3 cm³/mol. The van der Waals surface area contributed by atoms with Crippen LogP contribution in [0.25, 0.3) is 0 Å². The van der Waals surface area contributed by atoms with Crippen LogP contribution >= 0.6 is 0 Å². The highest BCUT2D eigenvalue weighted by atomic mass is 19.1. The maximum absolute atomic E-state index is 13.5. The molecule has 0 aliphatic carbocycles. The molecule has 19 heavy (non-hydrogen) atoms. The van der Waals surface area contributed by atoms with Crippen LogP contribution in [0.15, 0.2) is 0 Å². The van der Waals surface area contributed by atoms with Crippen molar-refractivity contribution in [2.75, 3.05) is 0 Å². The summed E-state index contributed by atoms with van der Waals surface area (Å²) >= 11 is 0. The van der Waals surface area contributed by atoms with E-state index in [0.29, 0.717) is 12.8 Å². The second-order valence-corrected chi connectivity index (χ2v) is 5.89. The molecule has 0 rings (SSSR count). The van der Waals surface area contributed by atoms with Gasteiger partial charge in [-0.25, -0.2) is 4.39 Å². The van der Waals surface area contributed by atoms with E-state index in [1.54, 1.807) is 0 Å². The second kappa shape index (κ2) is 14.3. The van der Waals surface area contributed by atoms with Crippen molar-refractivity contribution in [2.45, 2.75) is 110 Å². The third kappa shape index (κ3) is 14.1. The van der Waals surface area contributed by atoms with E-state index in [-0.39, 0.29) is 0 Å². The van der Waals surface area contributed by atoms with Gasteiger partial charge in [-0.2, -0.15) is 0 Å². The maximum atomic E-state index is 13.5. The maximum Gasteiger partial charge on any atom is 0.103 e. The Hall–Kier alpha value is -0.110. The number of halogens is 1. The lowest BCUT2D eigenvalue weighted by Crippen LogP contribution is -2.14. The molecular formula is C17H35FO. The van der Waals surface area contributed by atoms with Crippen LogP contribution in [-0.4, -0.2) is 17.4 Å². The fourth-order valence-electron chi connectivity index (χ4n) is 2.48. The van der Waals surface area contributed by atoms with E-state index in [1.807, 2.05) is 0 Å². The van der Waals surface area contributed by atoms with Gasteiger partial charge in [-0.3, -0.25) is 0 Å². The molecule has 0 aromatic carbocycles. The van der Waals surface area contributed by atoms with Gasteiger partial charge in [0.1, 0.15) is 6.17 Å². The molecule has 2 heteroatoms. The molecule has 0 bridgehead atoms. The first kappa shape index (κ1) is 18.9. The van der Waals surface area contributed by atoms with Crippen LogP contribution in [-0.2, 0) is 0 Å². The van der Waals surface area contributed by atoms with Gasteiger partial charge in [-0.1, -0.05) is 78.1 Å². The number of hydrogen-bond acceptors (Lipinski definition) is 1. The average Bonchev–Trinajstić information content (AvgIpc) is 2.38. The first-order chi connectivity index (χ1) is 9.20. The Morgan fingerprint density at radius 1 is 0.737 bits per heavy atom. The Balaban J connectivity index is 3.30. The van der Waals surface area contributed by atoms with E-state index in [4.69, 9.17) is 0 Å². The number of alkyl halides is 1. The third-order valence-electron chi connectivity index (χ3n) is 3.79. The summed E-state index contributed by atoms with van der Waals surface area (Å²) in [7, 11) is 0. The van der Waals surface area contributed by atoms with Gasteiger partial charge in [-0.15, -0.1) is 0 Å². The van der Waals surface area contributed by atoms with Crippen LogP contribution in [0.2, 0.25) is 0 Å². The average molecular weight is 274 g/mol. The minimum Gasteiger partial charge on any atom is -0.393 e. The van der Waals surface area contributed by atoms with E-state index in [9.17, 15) is 9.50 Å². The number of aliphatic hydroxyl groups is 1. The van der Waals surface area contributed by atoms with Gasteiger partial charge < -0.3 is 5.11 Å². The molecule has 0 heterocycles. The topological polar surface area (TPSA) is 20.2 Å². The zero-order valence-electron chi connectivity index (χ0n) is 13.2. The van der Waals surface area contributed by atoms with Gasteiger partial charge in [-0.05, 0) is 12.8 Å². The summed E-state index contributed by atoms with van der Waals surface area (Å²) in [5, 5.41) is 9.78. The Morgan fingerprint density at radius 3 is 1.84 bits per heavy atom. The van der Waals surface area contributed by atoms with Gasteiger partial charge in [0.05, 0.1) is 6.10 Å². The van der Waals surface area contributed by atoms with Crippen molar-refractivity contribution < 1.29 is 9.50 Å². The van der Waals surface area contributed by atoms with Crippen LogP contribution in [0, 0.1) is 0 Å². The zero-order chi connectivity index (χ0) is 14.3. The largest absolute Gasteiger partial charge is 0.393 e. The van der Waals surface area contributed by atoms with Gasteiger partial charge in [0, 0.05) is 6.42 Å². The van der Waals surface area contributed by atoms with Crippen molar-refractivity contribution in [3.05, 3.63) is 0 Å². The normalized spacial score (nSPS) is 14.5. The van der Waals surface area contributed by atoms with Gasteiger partial charge in [0.2, 0.25) is 0 Å². The van der Waals surface area contributed by atoms with Crippen LogP contribution in [0.3, 0.4) is 0 Å². The van der Waals surface area contributed by atoms with E-state index < -0.39 is 12.3 Å². The summed E-state index contributed by atoms with van der Waals surface area (Å²) in [6.07, 6.45) is 12.5. The van der Waals surface area contributed by atoms with Gasteiger partial charge >= 0.3 is 0 Å². The first-order valence-electron chi connectivity index (χ1n) is 8.52. The van der Waals surface area contributed by atoms with Crippen LogP contribution in [0.4, 0.5) is 4.39 Å². The number of hydrogen-bond donors (Lipinski definition) is 1. The number of rotatable bonds is 14. The molecule has 2 atom stereocenters. The van der Waals surface area contributed by atoms with Crippen molar-refractivity contribution in [1.29, 1.82) is 0 Å². The SMILES string of the molecule is CCCCCCCCCC(O)CC(F)CCCCC. The van der Waals surface area contributed by atoms with E-state index in [1.165, 1.54) is 38.5 Å².